The summed E-state index contributed by atoms with van der Waals surface area (Å²) < 4.78 is 23.8. The zero-order chi connectivity index (χ0) is 19.9. The maximum Gasteiger partial charge on any atom is 0.257 e. The zero-order valence-electron chi connectivity index (χ0n) is 15.4. The predicted molar refractivity (Wildman–Crippen MR) is 107 cm³/mol. The van der Waals surface area contributed by atoms with Crippen LogP contribution in [0.3, 0.4) is 0 Å². The minimum absolute atomic E-state index is 0.0268. The van der Waals surface area contributed by atoms with Crippen LogP contribution in [0.5, 0.6) is 5.75 Å². The van der Waals surface area contributed by atoms with Crippen molar-refractivity contribution in [1.82, 2.24) is 5.32 Å². The normalized spacial score (nSPS) is 16.7. The van der Waals surface area contributed by atoms with Gasteiger partial charge in [0.1, 0.15) is 11.6 Å². The molecule has 8 heteroatoms. The summed E-state index contributed by atoms with van der Waals surface area (Å²) in [7, 11) is 1.53. The van der Waals surface area contributed by atoms with Gasteiger partial charge in [-0.05, 0) is 55.3 Å². The number of anilines is 1. The van der Waals surface area contributed by atoms with Gasteiger partial charge in [0, 0.05) is 17.9 Å². The number of nitrogens with one attached hydrogen (secondary N) is 2. The zero-order valence-corrected chi connectivity index (χ0v) is 16.1. The van der Waals surface area contributed by atoms with Crippen molar-refractivity contribution in [2.45, 2.75) is 18.9 Å². The molecule has 0 aliphatic carbocycles. The van der Waals surface area contributed by atoms with Crippen molar-refractivity contribution < 1.29 is 18.7 Å². The first-order valence-electron chi connectivity index (χ1n) is 8.88. The van der Waals surface area contributed by atoms with Gasteiger partial charge in [-0.15, -0.1) is 0 Å². The first kappa shape index (κ1) is 20.1. The summed E-state index contributed by atoms with van der Waals surface area (Å²) in [5.41, 5.74) is 0.956. The van der Waals surface area contributed by atoms with Crippen molar-refractivity contribution in [2.75, 3.05) is 25.6 Å². The molecule has 1 amide bonds. The van der Waals surface area contributed by atoms with Gasteiger partial charge in [0.05, 0.1) is 24.8 Å². The third kappa shape index (κ3) is 5.43. The maximum atomic E-state index is 13.1. The number of hydrogen-bond donors (Lipinski definition) is 2. The van der Waals surface area contributed by atoms with Crippen molar-refractivity contribution in [3.63, 3.8) is 0 Å². The highest BCUT2D eigenvalue weighted by molar-refractivity contribution is 6.32. The molecule has 1 fully saturated rings. The first-order valence-corrected chi connectivity index (χ1v) is 9.26. The van der Waals surface area contributed by atoms with Gasteiger partial charge in [-0.25, -0.2) is 9.38 Å². The Kier molecular flexibility index (Phi) is 6.84. The Morgan fingerprint density at radius 2 is 2.11 bits per heavy atom. The second-order valence-electron chi connectivity index (χ2n) is 6.26. The number of benzene rings is 2. The Morgan fingerprint density at radius 1 is 1.32 bits per heavy atom. The summed E-state index contributed by atoms with van der Waals surface area (Å²) in [4.78, 5) is 16.9. The minimum Gasteiger partial charge on any atom is -0.495 e. The lowest BCUT2D eigenvalue weighted by molar-refractivity contribution is 0.0975. The van der Waals surface area contributed by atoms with E-state index in [-0.39, 0.29) is 12.1 Å². The van der Waals surface area contributed by atoms with Gasteiger partial charge in [-0.2, -0.15) is 0 Å². The van der Waals surface area contributed by atoms with Crippen molar-refractivity contribution in [3.8, 4) is 5.75 Å². The van der Waals surface area contributed by atoms with Crippen molar-refractivity contribution >= 4 is 29.2 Å². The van der Waals surface area contributed by atoms with Crippen molar-refractivity contribution in [2.24, 2.45) is 4.99 Å². The molecule has 0 saturated carbocycles. The van der Waals surface area contributed by atoms with E-state index in [2.05, 4.69) is 15.6 Å². The van der Waals surface area contributed by atoms with Crippen LogP contribution >= 0.6 is 11.6 Å². The first-order chi connectivity index (χ1) is 13.5. The molecular formula is C20H21ClFN3O3. The molecule has 1 aliphatic rings. The molecule has 1 aliphatic heterocycles. The van der Waals surface area contributed by atoms with Crippen LogP contribution in [0.15, 0.2) is 47.5 Å². The number of carbonyl (C=O) groups excluding carboxylic acids is 1. The maximum absolute atomic E-state index is 13.1. The Labute approximate surface area is 167 Å². The van der Waals surface area contributed by atoms with E-state index in [0.29, 0.717) is 28.6 Å². The molecule has 2 aromatic rings. The number of methoxy groups -OCH3 is 1. The summed E-state index contributed by atoms with van der Waals surface area (Å²) in [6.45, 7) is 1.13. The van der Waals surface area contributed by atoms with Crippen LogP contribution in [-0.4, -0.2) is 38.2 Å². The molecule has 6 nitrogen and oxygen atoms in total. The van der Waals surface area contributed by atoms with Gasteiger partial charge in [-0.3, -0.25) is 10.1 Å². The molecule has 2 N–H and O–H groups in total. The van der Waals surface area contributed by atoms with Gasteiger partial charge in [-0.1, -0.05) is 11.6 Å². The average molecular weight is 406 g/mol. The van der Waals surface area contributed by atoms with Gasteiger partial charge < -0.3 is 14.8 Å². The van der Waals surface area contributed by atoms with E-state index < -0.39 is 11.7 Å². The molecule has 148 valence electrons. The Bertz CT molecular complexity index is 852. The third-order valence-electron chi connectivity index (χ3n) is 4.23. The summed E-state index contributed by atoms with van der Waals surface area (Å²) in [6, 6.07) is 10.4. The molecule has 0 radical (unpaired) electrons. The third-order valence-corrected chi connectivity index (χ3v) is 4.53. The highest BCUT2D eigenvalue weighted by Gasteiger charge is 2.16. The van der Waals surface area contributed by atoms with E-state index in [1.807, 2.05) is 0 Å². The fourth-order valence-corrected chi connectivity index (χ4v) is 3.01. The monoisotopic (exact) mass is 405 g/mol. The van der Waals surface area contributed by atoms with Crippen LogP contribution in [-0.2, 0) is 4.74 Å². The number of guanidine groups is 1. The molecule has 1 heterocycles. The largest absolute Gasteiger partial charge is 0.495 e. The molecular weight excluding hydrogens is 385 g/mol. The van der Waals surface area contributed by atoms with E-state index in [1.165, 1.54) is 31.4 Å². The van der Waals surface area contributed by atoms with Gasteiger partial charge in [0.2, 0.25) is 5.96 Å². The minimum atomic E-state index is -0.408. The lowest BCUT2D eigenvalue weighted by Crippen LogP contribution is -2.36. The quantitative estimate of drug-likeness (QED) is 0.585. The molecule has 1 atom stereocenters. The Hall–Kier alpha value is -2.64. The number of carbonyl (C=O) groups is 1. The number of ether oxygens (including phenoxy) is 2. The second-order valence-corrected chi connectivity index (χ2v) is 6.67. The SMILES string of the molecule is COc1ccc(NC(=NCC2CCCO2)NC(=O)c2ccc(F)cc2)cc1Cl. The van der Waals surface area contributed by atoms with Crippen LogP contribution in [0.4, 0.5) is 10.1 Å². The predicted octanol–water partition coefficient (Wildman–Crippen LogP) is 3.86. The van der Waals surface area contributed by atoms with Gasteiger partial charge >= 0.3 is 0 Å². The van der Waals surface area contributed by atoms with E-state index in [1.54, 1.807) is 18.2 Å². The topological polar surface area (TPSA) is 71.9 Å². The smallest absolute Gasteiger partial charge is 0.257 e. The second kappa shape index (κ2) is 9.52. The average Bonchev–Trinajstić information content (AvgIpc) is 3.20. The van der Waals surface area contributed by atoms with Crippen molar-refractivity contribution in [1.29, 1.82) is 0 Å². The summed E-state index contributed by atoms with van der Waals surface area (Å²) >= 11 is 6.16. The van der Waals surface area contributed by atoms with Crippen LogP contribution in [0.2, 0.25) is 5.02 Å². The Morgan fingerprint density at radius 3 is 2.75 bits per heavy atom. The number of aliphatic imine (C=N–C) groups is 1. The number of rotatable bonds is 5. The number of nitrogens with zero attached hydrogens (tertiary/aromatic N) is 1. The molecule has 28 heavy (non-hydrogen) atoms. The molecule has 0 spiro atoms. The molecule has 3 rings (SSSR count). The highest BCUT2D eigenvalue weighted by atomic mass is 35.5. The summed E-state index contributed by atoms with van der Waals surface area (Å²) in [5.74, 6) is -0.0144. The van der Waals surface area contributed by atoms with E-state index in [4.69, 9.17) is 21.1 Å². The fraction of sp³-hybridized carbons (Fsp3) is 0.300. The molecule has 0 aromatic heterocycles. The molecule has 1 saturated heterocycles. The van der Waals surface area contributed by atoms with Crippen LogP contribution in [0.25, 0.3) is 0 Å². The lowest BCUT2D eigenvalue weighted by atomic mass is 10.2. The fourth-order valence-electron chi connectivity index (χ4n) is 2.75. The molecule has 2 aromatic carbocycles. The standard InChI is InChI=1S/C20H21ClFN3O3/c1-27-18-9-8-15(11-17(18)21)24-20(23-12-16-3-2-10-28-16)25-19(26)13-4-6-14(22)7-5-13/h4-9,11,16H,2-3,10,12H2,1H3,(H2,23,24,25,26). The van der Waals surface area contributed by atoms with Crippen LogP contribution in [0.1, 0.15) is 23.2 Å². The highest BCUT2D eigenvalue weighted by Crippen LogP contribution is 2.27. The number of amides is 1. The lowest BCUT2D eigenvalue weighted by Gasteiger charge is -2.14. The van der Waals surface area contributed by atoms with Gasteiger partial charge in [0.25, 0.3) is 5.91 Å². The molecule has 0 bridgehead atoms. The summed E-state index contributed by atoms with van der Waals surface area (Å²) in [6.07, 6.45) is 1.95. The van der Waals surface area contributed by atoms with Gasteiger partial charge in [0.15, 0.2) is 0 Å². The van der Waals surface area contributed by atoms with Crippen LogP contribution in [0, 0.1) is 5.82 Å². The number of halogens is 2. The number of hydrogen-bond acceptors (Lipinski definition) is 4. The van der Waals surface area contributed by atoms with Crippen molar-refractivity contribution in [3.05, 3.63) is 58.9 Å². The Balaban J connectivity index is 1.75. The van der Waals surface area contributed by atoms with E-state index in [9.17, 15) is 9.18 Å². The summed E-state index contributed by atoms with van der Waals surface area (Å²) in [5, 5.41) is 6.20. The molecule has 1 unspecified atom stereocenters. The van der Waals surface area contributed by atoms with Crippen LogP contribution < -0.4 is 15.4 Å². The van der Waals surface area contributed by atoms with E-state index in [0.717, 1.165) is 19.4 Å². The van der Waals surface area contributed by atoms with E-state index >= 15 is 0 Å².